The van der Waals surface area contributed by atoms with E-state index in [4.69, 9.17) is 9.47 Å². The molecule has 0 bridgehead atoms. The Balaban J connectivity index is 2.61. The normalized spacial score (nSPS) is 23.1. The fraction of sp³-hybridized carbons (Fsp3) is 1.00. The van der Waals surface area contributed by atoms with Crippen LogP contribution in [0.3, 0.4) is 0 Å². The number of aliphatic hydroxyl groups is 1. The van der Waals surface area contributed by atoms with Crippen LogP contribution in [-0.2, 0) is 9.47 Å². The predicted octanol–water partition coefficient (Wildman–Crippen LogP) is 2.23. The lowest BCUT2D eigenvalue weighted by atomic mass is 9.79. The van der Waals surface area contributed by atoms with Crippen LogP contribution in [0.5, 0.6) is 0 Å². The standard InChI is InChI=1S/C13H26O3/c1-5-16-12(13(2,3)4)11(14)10-6-8-15-9-7-10/h10-12,14H,5-9H2,1-4H3. The molecule has 3 nitrogen and oxygen atoms in total. The molecule has 2 unspecified atom stereocenters. The third-order valence-electron chi connectivity index (χ3n) is 3.26. The number of ether oxygens (including phenoxy) is 2. The van der Waals surface area contributed by atoms with Crippen LogP contribution in [0.4, 0.5) is 0 Å². The minimum Gasteiger partial charge on any atom is -0.390 e. The first-order chi connectivity index (χ1) is 7.46. The Hall–Kier alpha value is -0.120. The topological polar surface area (TPSA) is 38.7 Å². The smallest absolute Gasteiger partial charge is 0.0884 e. The molecule has 16 heavy (non-hydrogen) atoms. The summed E-state index contributed by atoms with van der Waals surface area (Å²) in [6.07, 6.45) is 1.44. The summed E-state index contributed by atoms with van der Waals surface area (Å²) in [6.45, 7) is 10.5. The van der Waals surface area contributed by atoms with E-state index in [1.807, 2.05) is 6.92 Å². The van der Waals surface area contributed by atoms with E-state index in [0.717, 1.165) is 26.1 Å². The van der Waals surface area contributed by atoms with Gasteiger partial charge in [-0.2, -0.15) is 0 Å². The average molecular weight is 230 g/mol. The summed E-state index contributed by atoms with van der Waals surface area (Å²) < 4.78 is 11.1. The molecule has 1 heterocycles. The van der Waals surface area contributed by atoms with Crippen molar-refractivity contribution in [1.29, 1.82) is 0 Å². The highest BCUT2D eigenvalue weighted by Crippen LogP contribution is 2.31. The first-order valence-corrected chi connectivity index (χ1v) is 6.34. The summed E-state index contributed by atoms with van der Waals surface area (Å²) in [5.74, 6) is 0.324. The van der Waals surface area contributed by atoms with Gasteiger partial charge in [-0.15, -0.1) is 0 Å². The van der Waals surface area contributed by atoms with E-state index < -0.39 is 0 Å². The summed E-state index contributed by atoms with van der Waals surface area (Å²) in [5.41, 5.74) is -0.0201. The van der Waals surface area contributed by atoms with Crippen LogP contribution in [0.15, 0.2) is 0 Å². The molecule has 0 spiro atoms. The van der Waals surface area contributed by atoms with Gasteiger partial charge in [-0.1, -0.05) is 20.8 Å². The molecule has 0 aromatic heterocycles. The third kappa shape index (κ3) is 3.72. The SMILES string of the molecule is CCOC(C(O)C1CCOCC1)C(C)(C)C. The van der Waals surface area contributed by atoms with Crippen molar-refractivity contribution in [2.45, 2.75) is 52.7 Å². The molecule has 0 aromatic carbocycles. The summed E-state index contributed by atoms with van der Waals surface area (Å²) in [7, 11) is 0. The molecule has 1 aliphatic rings. The molecular weight excluding hydrogens is 204 g/mol. The van der Waals surface area contributed by atoms with Gasteiger partial charge < -0.3 is 14.6 Å². The molecule has 96 valence electrons. The van der Waals surface area contributed by atoms with E-state index in [9.17, 15) is 5.11 Å². The quantitative estimate of drug-likeness (QED) is 0.805. The van der Waals surface area contributed by atoms with Crippen molar-refractivity contribution in [3.8, 4) is 0 Å². The molecule has 0 aromatic rings. The highest BCUT2D eigenvalue weighted by molar-refractivity contribution is 4.86. The van der Waals surface area contributed by atoms with E-state index in [1.165, 1.54) is 0 Å². The second-order valence-electron chi connectivity index (χ2n) is 5.68. The fourth-order valence-corrected chi connectivity index (χ4v) is 2.34. The van der Waals surface area contributed by atoms with Crippen molar-refractivity contribution in [2.24, 2.45) is 11.3 Å². The molecule has 1 saturated heterocycles. The molecule has 0 saturated carbocycles. The first-order valence-electron chi connectivity index (χ1n) is 6.34. The predicted molar refractivity (Wildman–Crippen MR) is 64.4 cm³/mol. The zero-order valence-corrected chi connectivity index (χ0v) is 11.0. The van der Waals surface area contributed by atoms with Crippen LogP contribution < -0.4 is 0 Å². The van der Waals surface area contributed by atoms with E-state index >= 15 is 0 Å². The number of hydrogen-bond donors (Lipinski definition) is 1. The van der Waals surface area contributed by atoms with Gasteiger partial charge in [0.1, 0.15) is 0 Å². The Morgan fingerprint density at radius 2 is 1.88 bits per heavy atom. The molecule has 0 aliphatic carbocycles. The Morgan fingerprint density at radius 3 is 2.31 bits per heavy atom. The van der Waals surface area contributed by atoms with Gasteiger partial charge in [0.15, 0.2) is 0 Å². The molecule has 1 N–H and O–H groups in total. The monoisotopic (exact) mass is 230 g/mol. The zero-order valence-electron chi connectivity index (χ0n) is 11.0. The zero-order chi connectivity index (χ0) is 12.2. The van der Waals surface area contributed by atoms with Gasteiger partial charge >= 0.3 is 0 Å². The van der Waals surface area contributed by atoms with Crippen LogP contribution in [0.25, 0.3) is 0 Å². The Kier molecular flexibility index (Phi) is 5.22. The van der Waals surface area contributed by atoms with Crippen molar-refractivity contribution in [3.63, 3.8) is 0 Å². The summed E-state index contributed by atoms with van der Waals surface area (Å²) in [6, 6.07) is 0. The number of hydrogen-bond acceptors (Lipinski definition) is 3. The van der Waals surface area contributed by atoms with Gasteiger partial charge in [-0.05, 0) is 31.1 Å². The molecule has 1 rings (SSSR count). The second kappa shape index (κ2) is 5.99. The summed E-state index contributed by atoms with van der Waals surface area (Å²) in [4.78, 5) is 0. The van der Waals surface area contributed by atoms with Crippen molar-refractivity contribution in [2.75, 3.05) is 19.8 Å². The van der Waals surface area contributed by atoms with Crippen molar-refractivity contribution >= 4 is 0 Å². The highest BCUT2D eigenvalue weighted by atomic mass is 16.5. The van der Waals surface area contributed by atoms with E-state index in [1.54, 1.807) is 0 Å². The lowest BCUT2D eigenvalue weighted by molar-refractivity contribution is -0.121. The van der Waals surface area contributed by atoms with Crippen LogP contribution in [0.2, 0.25) is 0 Å². The van der Waals surface area contributed by atoms with Gasteiger partial charge in [0.25, 0.3) is 0 Å². The minimum absolute atomic E-state index is 0.0201. The lowest BCUT2D eigenvalue weighted by Gasteiger charge is -2.38. The minimum atomic E-state index is -0.371. The Labute approximate surface area is 99.1 Å². The molecule has 1 fully saturated rings. The molecular formula is C13H26O3. The summed E-state index contributed by atoms with van der Waals surface area (Å²) in [5, 5.41) is 10.4. The molecule has 1 aliphatic heterocycles. The average Bonchev–Trinajstić information content (AvgIpc) is 2.25. The largest absolute Gasteiger partial charge is 0.390 e. The third-order valence-corrected chi connectivity index (χ3v) is 3.26. The molecule has 3 heteroatoms. The van der Waals surface area contributed by atoms with Gasteiger partial charge in [0.05, 0.1) is 12.2 Å². The van der Waals surface area contributed by atoms with E-state index in [2.05, 4.69) is 20.8 Å². The first kappa shape index (κ1) is 13.9. The molecule has 2 atom stereocenters. The van der Waals surface area contributed by atoms with Gasteiger partial charge in [-0.25, -0.2) is 0 Å². The van der Waals surface area contributed by atoms with E-state index in [0.29, 0.717) is 12.5 Å². The van der Waals surface area contributed by atoms with Crippen LogP contribution in [-0.4, -0.2) is 37.1 Å². The molecule has 0 radical (unpaired) electrons. The number of aliphatic hydroxyl groups excluding tert-OH is 1. The van der Waals surface area contributed by atoms with Crippen LogP contribution >= 0.6 is 0 Å². The Bertz CT molecular complexity index is 192. The van der Waals surface area contributed by atoms with Crippen molar-refractivity contribution in [3.05, 3.63) is 0 Å². The maximum absolute atomic E-state index is 10.4. The van der Waals surface area contributed by atoms with Crippen molar-refractivity contribution in [1.82, 2.24) is 0 Å². The maximum atomic E-state index is 10.4. The van der Waals surface area contributed by atoms with Gasteiger partial charge in [0, 0.05) is 19.8 Å². The second-order valence-corrected chi connectivity index (χ2v) is 5.68. The lowest BCUT2D eigenvalue weighted by Crippen LogP contribution is -2.45. The van der Waals surface area contributed by atoms with E-state index in [-0.39, 0.29) is 17.6 Å². The highest BCUT2D eigenvalue weighted by Gasteiger charge is 2.36. The number of rotatable bonds is 4. The Morgan fingerprint density at radius 1 is 1.31 bits per heavy atom. The van der Waals surface area contributed by atoms with Crippen LogP contribution in [0, 0.1) is 11.3 Å². The van der Waals surface area contributed by atoms with Gasteiger partial charge in [-0.3, -0.25) is 0 Å². The van der Waals surface area contributed by atoms with Crippen molar-refractivity contribution < 1.29 is 14.6 Å². The van der Waals surface area contributed by atoms with Crippen LogP contribution in [0.1, 0.15) is 40.5 Å². The summed E-state index contributed by atoms with van der Waals surface area (Å²) >= 11 is 0. The molecule has 0 amide bonds. The maximum Gasteiger partial charge on any atom is 0.0884 e. The fourth-order valence-electron chi connectivity index (χ4n) is 2.34. The van der Waals surface area contributed by atoms with Gasteiger partial charge in [0.2, 0.25) is 0 Å².